The van der Waals surface area contributed by atoms with Crippen LogP contribution in [0.25, 0.3) is 0 Å². The first-order valence-electron chi connectivity index (χ1n) is 6.26. The number of methoxy groups -OCH3 is 1. The van der Waals surface area contributed by atoms with Crippen molar-refractivity contribution in [3.8, 4) is 0 Å². The summed E-state index contributed by atoms with van der Waals surface area (Å²) in [5, 5.41) is 3.28. The van der Waals surface area contributed by atoms with Crippen molar-refractivity contribution in [2.45, 2.75) is 44.2 Å². The molecule has 2 aliphatic heterocycles. The second kappa shape index (κ2) is 6.03. The van der Waals surface area contributed by atoms with Crippen molar-refractivity contribution in [1.29, 1.82) is 0 Å². The Morgan fingerprint density at radius 3 is 2.53 bits per heavy atom. The van der Waals surface area contributed by atoms with E-state index >= 15 is 0 Å². The highest BCUT2D eigenvalue weighted by atomic mass is 35.5. The van der Waals surface area contributed by atoms with Gasteiger partial charge in [-0.2, -0.15) is 0 Å². The van der Waals surface area contributed by atoms with Crippen LogP contribution in [-0.4, -0.2) is 49.2 Å². The number of carbonyl (C=O) groups is 1. The quantitative estimate of drug-likeness (QED) is 0.813. The molecule has 0 aromatic rings. The molecule has 5 heteroatoms. The molecule has 4 nitrogen and oxygen atoms in total. The third-order valence-corrected chi connectivity index (χ3v) is 4.01. The summed E-state index contributed by atoms with van der Waals surface area (Å²) >= 11 is 0. The minimum Gasteiger partial charge on any atom is -0.368 e. The van der Waals surface area contributed by atoms with E-state index in [4.69, 9.17) is 4.74 Å². The summed E-state index contributed by atoms with van der Waals surface area (Å²) < 4.78 is 5.57. The molecule has 1 atom stereocenters. The van der Waals surface area contributed by atoms with Gasteiger partial charge in [-0.15, -0.1) is 12.4 Å². The van der Waals surface area contributed by atoms with Crippen LogP contribution in [0.5, 0.6) is 0 Å². The van der Waals surface area contributed by atoms with Crippen LogP contribution >= 0.6 is 12.4 Å². The molecule has 2 saturated heterocycles. The lowest BCUT2D eigenvalue weighted by Gasteiger charge is -2.39. The Kier molecular flexibility index (Phi) is 5.22. The van der Waals surface area contributed by atoms with Crippen molar-refractivity contribution < 1.29 is 9.53 Å². The molecule has 0 aromatic heterocycles. The summed E-state index contributed by atoms with van der Waals surface area (Å²) in [5.41, 5.74) is -0.552. The third-order valence-electron chi connectivity index (χ3n) is 4.01. The first-order valence-corrected chi connectivity index (χ1v) is 6.26. The van der Waals surface area contributed by atoms with E-state index in [1.807, 2.05) is 4.90 Å². The lowest BCUT2D eigenvalue weighted by Crippen LogP contribution is -2.56. The second-order valence-corrected chi connectivity index (χ2v) is 4.94. The van der Waals surface area contributed by atoms with Gasteiger partial charge in [0, 0.05) is 19.7 Å². The van der Waals surface area contributed by atoms with E-state index in [0.29, 0.717) is 6.04 Å². The van der Waals surface area contributed by atoms with Gasteiger partial charge in [-0.1, -0.05) is 0 Å². The first kappa shape index (κ1) is 14.7. The standard InChI is InChI=1S/C12H22N2O2.ClH/c1-10-4-3-9-14(10)11(15)12(16-2)5-7-13-8-6-12;/h10,13H,3-9H2,1-2H3;1H. The minimum absolute atomic E-state index is 0. The molecular formula is C12H23ClN2O2. The Morgan fingerprint density at radius 2 is 2.06 bits per heavy atom. The molecule has 2 fully saturated rings. The zero-order valence-electron chi connectivity index (χ0n) is 10.7. The average Bonchev–Trinajstić information content (AvgIpc) is 2.75. The molecule has 1 amide bonds. The summed E-state index contributed by atoms with van der Waals surface area (Å²) in [6.07, 6.45) is 3.85. The number of likely N-dealkylation sites (tertiary alicyclic amines) is 1. The molecule has 17 heavy (non-hydrogen) atoms. The number of hydrogen-bond acceptors (Lipinski definition) is 3. The first-order chi connectivity index (χ1) is 7.69. The molecule has 0 radical (unpaired) electrons. The van der Waals surface area contributed by atoms with Crippen LogP contribution in [0, 0.1) is 0 Å². The normalized spacial score (nSPS) is 27.6. The van der Waals surface area contributed by atoms with Gasteiger partial charge in [0.15, 0.2) is 0 Å². The predicted octanol–water partition coefficient (Wildman–Crippen LogP) is 1.19. The van der Waals surface area contributed by atoms with Crippen molar-refractivity contribution >= 4 is 18.3 Å². The maximum atomic E-state index is 12.5. The number of nitrogens with one attached hydrogen (secondary N) is 1. The molecule has 1 N–H and O–H groups in total. The highest BCUT2D eigenvalue weighted by molar-refractivity contribution is 5.86. The van der Waals surface area contributed by atoms with E-state index in [0.717, 1.165) is 45.3 Å². The molecule has 0 spiro atoms. The predicted molar refractivity (Wildman–Crippen MR) is 69.5 cm³/mol. The Bertz CT molecular complexity index is 267. The second-order valence-electron chi connectivity index (χ2n) is 4.94. The summed E-state index contributed by atoms with van der Waals surface area (Å²) in [6.45, 7) is 4.79. The van der Waals surface area contributed by atoms with Crippen LogP contribution in [0.2, 0.25) is 0 Å². The van der Waals surface area contributed by atoms with Crippen molar-refractivity contribution in [3.05, 3.63) is 0 Å². The van der Waals surface area contributed by atoms with Gasteiger partial charge in [0.25, 0.3) is 5.91 Å². The Balaban J connectivity index is 0.00000144. The van der Waals surface area contributed by atoms with Crippen LogP contribution in [0.4, 0.5) is 0 Å². The molecule has 100 valence electrons. The van der Waals surface area contributed by atoms with E-state index in [9.17, 15) is 4.79 Å². The highest BCUT2D eigenvalue weighted by Gasteiger charge is 2.44. The Labute approximate surface area is 109 Å². The van der Waals surface area contributed by atoms with Crippen molar-refractivity contribution in [2.75, 3.05) is 26.7 Å². The lowest BCUT2D eigenvalue weighted by molar-refractivity contribution is -0.158. The molecule has 1 unspecified atom stereocenters. The SMILES string of the molecule is COC1(C(=O)N2CCCC2C)CCNCC1.Cl. The van der Waals surface area contributed by atoms with Gasteiger partial charge in [0.05, 0.1) is 0 Å². The number of carbonyl (C=O) groups excluding carboxylic acids is 1. The number of ether oxygens (including phenoxy) is 1. The number of hydrogen-bond donors (Lipinski definition) is 1. The Morgan fingerprint density at radius 1 is 1.41 bits per heavy atom. The zero-order chi connectivity index (χ0) is 11.6. The third kappa shape index (κ3) is 2.75. The van der Waals surface area contributed by atoms with E-state index in [-0.39, 0.29) is 18.3 Å². The van der Waals surface area contributed by atoms with Crippen molar-refractivity contribution in [1.82, 2.24) is 10.2 Å². The minimum atomic E-state index is -0.552. The fraction of sp³-hybridized carbons (Fsp3) is 0.917. The monoisotopic (exact) mass is 262 g/mol. The molecular weight excluding hydrogens is 240 g/mol. The summed E-state index contributed by atoms with van der Waals surface area (Å²) in [6, 6.07) is 0.384. The summed E-state index contributed by atoms with van der Waals surface area (Å²) in [7, 11) is 1.67. The summed E-state index contributed by atoms with van der Waals surface area (Å²) in [5.74, 6) is 0.210. The van der Waals surface area contributed by atoms with Gasteiger partial charge < -0.3 is 15.0 Å². The highest BCUT2D eigenvalue weighted by Crippen LogP contribution is 2.29. The largest absolute Gasteiger partial charge is 0.368 e. The van der Waals surface area contributed by atoms with Crippen LogP contribution in [0.3, 0.4) is 0 Å². The van der Waals surface area contributed by atoms with Crippen molar-refractivity contribution in [3.63, 3.8) is 0 Å². The molecule has 0 saturated carbocycles. The molecule has 2 heterocycles. The molecule has 0 aromatic carbocycles. The molecule has 2 rings (SSSR count). The number of rotatable bonds is 2. The lowest BCUT2D eigenvalue weighted by atomic mass is 9.90. The zero-order valence-corrected chi connectivity index (χ0v) is 11.5. The molecule has 2 aliphatic rings. The fourth-order valence-corrected chi connectivity index (χ4v) is 2.83. The maximum absolute atomic E-state index is 12.5. The number of nitrogens with zero attached hydrogens (tertiary/aromatic N) is 1. The fourth-order valence-electron chi connectivity index (χ4n) is 2.83. The van der Waals surface area contributed by atoms with Gasteiger partial charge in [-0.25, -0.2) is 0 Å². The average molecular weight is 263 g/mol. The molecule has 0 bridgehead atoms. The maximum Gasteiger partial charge on any atom is 0.255 e. The van der Waals surface area contributed by atoms with E-state index in [1.54, 1.807) is 7.11 Å². The van der Waals surface area contributed by atoms with Crippen LogP contribution in [-0.2, 0) is 9.53 Å². The Hall–Kier alpha value is -0.320. The van der Waals surface area contributed by atoms with E-state index < -0.39 is 5.60 Å². The van der Waals surface area contributed by atoms with Crippen LogP contribution in [0.15, 0.2) is 0 Å². The van der Waals surface area contributed by atoms with Gasteiger partial charge in [-0.05, 0) is 45.7 Å². The number of piperidine rings is 1. The van der Waals surface area contributed by atoms with Crippen LogP contribution < -0.4 is 5.32 Å². The van der Waals surface area contributed by atoms with Gasteiger partial charge >= 0.3 is 0 Å². The van der Waals surface area contributed by atoms with E-state index in [2.05, 4.69) is 12.2 Å². The van der Waals surface area contributed by atoms with E-state index in [1.165, 1.54) is 0 Å². The van der Waals surface area contributed by atoms with Gasteiger partial charge in [0.2, 0.25) is 0 Å². The smallest absolute Gasteiger partial charge is 0.255 e. The topological polar surface area (TPSA) is 41.6 Å². The number of halogens is 1. The van der Waals surface area contributed by atoms with Crippen molar-refractivity contribution in [2.24, 2.45) is 0 Å². The van der Waals surface area contributed by atoms with Gasteiger partial charge in [0.1, 0.15) is 5.60 Å². The van der Waals surface area contributed by atoms with Gasteiger partial charge in [-0.3, -0.25) is 4.79 Å². The number of amides is 1. The molecule has 0 aliphatic carbocycles. The summed E-state index contributed by atoms with van der Waals surface area (Å²) in [4.78, 5) is 14.5. The van der Waals surface area contributed by atoms with Crippen LogP contribution in [0.1, 0.15) is 32.6 Å².